The number of nitrogens with zero attached hydrogens (tertiary/aromatic N) is 1. The first kappa shape index (κ1) is 12.7. The highest BCUT2D eigenvalue weighted by Gasteiger charge is 2.45. The monoisotopic (exact) mass is 244 g/mol. The summed E-state index contributed by atoms with van der Waals surface area (Å²) in [5.74, 6) is 1.27. The van der Waals surface area contributed by atoms with Crippen molar-refractivity contribution in [2.75, 3.05) is 32.5 Å². The van der Waals surface area contributed by atoms with Crippen molar-refractivity contribution >= 4 is 11.8 Å². The van der Waals surface area contributed by atoms with Crippen LogP contribution in [-0.4, -0.2) is 54.3 Å². The number of hydrogen-bond donors (Lipinski definition) is 1. The van der Waals surface area contributed by atoms with Crippen LogP contribution in [0.3, 0.4) is 0 Å². The summed E-state index contributed by atoms with van der Waals surface area (Å²) < 4.78 is 5.43. The molecule has 0 aliphatic carbocycles. The third-order valence-electron chi connectivity index (χ3n) is 4.42. The summed E-state index contributed by atoms with van der Waals surface area (Å²) in [6, 6.07) is 0. The highest BCUT2D eigenvalue weighted by Crippen LogP contribution is 2.40. The van der Waals surface area contributed by atoms with Gasteiger partial charge in [0, 0.05) is 37.5 Å². The summed E-state index contributed by atoms with van der Waals surface area (Å²) in [5, 5.41) is 0.677. The molecule has 0 radical (unpaired) electrons. The van der Waals surface area contributed by atoms with Gasteiger partial charge in [-0.05, 0) is 25.0 Å². The Morgan fingerprint density at radius 2 is 2.12 bits per heavy atom. The number of likely N-dealkylation sites (tertiary alicyclic amines) is 1. The molecule has 2 N–H and O–H groups in total. The van der Waals surface area contributed by atoms with E-state index in [1.807, 2.05) is 7.11 Å². The molecule has 2 fully saturated rings. The fourth-order valence-corrected chi connectivity index (χ4v) is 4.62. The van der Waals surface area contributed by atoms with Gasteiger partial charge in [-0.2, -0.15) is 11.8 Å². The summed E-state index contributed by atoms with van der Waals surface area (Å²) in [5.41, 5.74) is 6.34. The Balaban J connectivity index is 2.00. The lowest BCUT2D eigenvalue weighted by Crippen LogP contribution is -2.60. The van der Waals surface area contributed by atoms with Crippen LogP contribution in [0.2, 0.25) is 0 Å². The van der Waals surface area contributed by atoms with E-state index in [9.17, 15) is 0 Å². The van der Waals surface area contributed by atoms with Crippen molar-refractivity contribution in [3.63, 3.8) is 0 Å². The normalized spacial score (nSPS) is 38.1. The maximum absolute atomic E-state index is 6.07. The van der Waals surface area contributed by atoms with Gasteiger partial charge in [0.15, 0.2) is 0 Å². The van der Waals surface area contributed by atoms with Crippen molar-refractivity contribution in [3.05, 3.63) is 0 Å². The van der Waals surface area contributed by atoms with Gasteiger partial charge >= 0.3 is 0 Å². The molecule has 0 amide bonds. The SMILES string of the molecule is COC1CCN(C2(CN)CCSC2C)CC1. The fourth-order valence-electron chi connectivity index (χ4n) is 3.12. The second-order valence-corrected chi connectivity index (χ2v) is 6.44. The molecule has 0 spiro atoms. The summed E-state index contributed by atoms with van der Waals surface area (Å²) in [6.07, 6.45) is 4.05. The van der Waals surface area contributed by atoms with E-state index < -0.39 is 0 Å². The molecule has 0 aromatic carbocycles. The molecule has 2 unspecified atom stereocenters. The summed E-state index contributed by atoms with van der Waals surface area (Å²) in [4.78, 5) is 2.63. The molecule has 2 atom stereocenters. The minimum absolute atomic E-state index is 0.267. The van der Waals surface area contributed by atoms with E-state index in [2.05, 4.69) is 23.6 Å². The van der Waals surface area contributed by atoms with Crippen LogP contribution < -0.4 is 5.73 Å². The maximum atomic E-state index is 6.07. The molecule has 2 aliphatic rings. The van der Waals surface area contributed by atoms with E-state index in [1.165, 1.54) is 12.2 Å². The number of ether oxygens (including phenoxy) is 1. The third-order valence-corrected chi connectivity index (χ3v) is 5.80. The lowest BCUT2D eigenvalue weighted by Gasteiger charge is -2.46. The summed E-state index contributed by atoms with van der Waals surface area (Å²) in [6.45, 7) is 5.45. The lowest BCUT2D eigenvalue weighted by molar-refractivity contribution is -0.000633. The minimum Gasteiger partial charge on any atom is -0.381 e. The van der Waals surface area contributed by atoms with Crippen LogP contribution in [0, 0.1) is 0 Å². The molecule has 0 saturated carbocycles. The molecule has 2 aliphatic heterocycles. The van der Waals surface area contributed by atoms with Gasteiger partial charge in [-0.25, -0.2) is 0 Å². The van der Waals surface area contributed by atoms with Crippen molar-refractivity contribution in [1.82, 2.24) is 4.90 Å². The molecule has 2 rings (SSSR count). The standard InChI is InChI=1S/C12H24N2OS/c1-10-12(9-13,5-8-16-10)14-6-3-11(15-2)4-7-14/h10-11H,3-9,13H2,1-2H3. The first-order valence-corrected chi connectivity index (χ1v) is 7.37. The Hall–Kier alpha value is 0.230. The Morgan fingerprint density at radius 1 is 1.44 bits per heavy atom. The van der Waals surface area contributed by atoms with Gasteiger partial charge in [-0.15, -0.1) is 0 Å². The zero-order valence-electron chi connectivity index (χ0n) is 10.4. The van der Waals surface area contributed by atoms with Crippen LogP contribution in [0.4, 0.5) is 0 Å². The van der Waals surface area contributed by atoms with Crippen LogP contribution in [0.15, 0.2) is 0 Å². The third kappa shape index (κ3) is 2.13. The van der Waals surface area contributed by atoms with E-state index >= 15 is 0 Å². The number of hydrogen-bond acceptors (Lipinski definition) is 4. The average Bonchev–Trinajstić information content (AvgIpc) is 2.72. The highest BCUT2D eigenvalue weighted by atomic mass is 32.2. The van der Waals surface area contributed by atoms with E-state index in [0.717, 1.165) is 32.5 Å². The number of piperidine rings is 1. The van der Waals surface area contributed by atoms with Crippen molar-refractivity contribution in [3.8, 4) is 0 Å². The fraction of sp³-hybridized carbons (Fsp3) is 1.00. The molecule has 3 nitrogen and oxygen atoms in total. The number of nitrogens with two attached hydrogens (primary N) is 1. The van der Waals surface area contributed by atoms with Gasteiger partial charge in [-0.1, -0.05) is 6.92 Å². The second-order valence-electron chi connectivity index (χ2n) is 4.99. The van der Waals surface area contributed by atoms with Gasteiger partial charge < -0.3 is 10.5 Å². The van der Waals surface area contributed by atoms with Gasteiger partial charge in [0.1, 0.15) is 0 Å². The lowest BCUT2D eigenvalue weighted by atomic mass is 9.88. The van der Waals surface area contributed by atoms with E-state index in [0.29, 0.717) is 11.4 Å². The average molecular weight is 244 g/mol. The molecule has 0 bridgehead atoms. The van der Waals surface area contributed by atoms with Crippen molar-refractivity contribution in [2.45, 2.75) is 43.1 Å². The molecular weight excluding hydrogens is 220 g/mol. The molecule has 94 valence electrons. The zero-order valence-corrected chi connectivity index (χ0v) is 11.3. The molecule has 16 heavy (non-hydrogen) atoms. The first-order valence-electron chi connectivity index (χ1n) is 6.32. The smallest absolute Gasteiger partial charge is 0.0595 e. The van der Waals surface area contributed by atoms with Crippen LogP contribution in [0.1, 0.15) is 26.2 Å². The van der Waals surface area contributed by atoms with E-state index in [1.54, 1.807) is 0 Å². The topological polar surface area (TPSA) is 38.5 Å². The number of methoxy groups -OCH3 is 1. The van der Waals surface area contributed by atoms with Crippen LogP contribution in [0.25, 0.3) is 0 Å². The molecule has 0 aromatic rings. The minimum atomic E-state index is 0.267. The van der Waals surface area contributed by atoms with Crippen molar-refractivity contribution in [2.24, 2.45) is 5.73 Å². The van der Waals surface area contributed by atoms with Crippen LogP contribution in [-0.2, 0) is 4.74 Å². The van der Waals surface area contributed by atoms with Crippen molar-refractivity contribution in [1.29, 1.82) is 0 Å². The van der Waals surface area contributed by atoms with Crippen LogP contribution in [0.5, 0.6) is 0 Å². The van der Waals surface area contributed by atoms with Gasteiger partial charge in [0.2, 0.25) is 0 Å². The van der Waals surface area contributed by atoms with Crippen molar-refractivity contribution < 1.29 is 4.74 Å². The maximum Gasteiger partial charge on any atom is 0.0595 e. The van der Waals surface area contributed by atoms with E-state index in [-0.39, 0.29) is 5.54 Å². The Morgan fingerprint density at radius 3 is 2.56 bits per heavy atom. The predicted molar refractivity (Wildman–Crippen MR) is 69.9 cm³/mol. The Bertz CT molecular complexity index is 231. The number of thioether (sulfide) groups is 1. The highest BCUT2D eigenvalue weighted by molar-refractivity contribution is 8.00. The Labute approximate surface area is 103 Å². The molecule has 2 heterocycles. The Kier molecular flexibility index (Phi) is 4.16. The van der Waals surface area contributed by atoms with Gasteiger partial charge in [0.25, 0.3) is 0 Å². The van der Waals surface area contributed by atoms with E-state index in [4.69, 9.17) is 10.5 Å². The molecule has 0 aromatic heterocycles. The van der Waals surface area contributed by atoms with Gasteiger partial charge in [-0.3, -0.25) is 4.90 Å². The molecule has 4 heteroatoms. The number of rotatable bonds is 3. The molecule has 2 saturated heterocycles. The zero-order chi connectivity index (χ0) is 11.6. The van der Waals surface area contributed by atoms with Crippen LogP contribution >= 0.6 is 11.8 Å². The second kappa shape index (κ2) is 5.25. The largest absolute Gasteiger partial charge is 0.381 e. The predicted octanol–water partition coefficient (Wildman–Crippen LogP) is 1.32. The summed E-state index contributed by atoms with van der Waals surface area (Å²) in [7, 11) is 1.83. The summed E-state index contributed by atoms with van der Waals surface area (Å²) >= 11 is 2.08. The molecular formula is C12H24N2OS. The van der Waals surface area contributed by atoms with Gasteiger partial charge in [0.05, 0.1) is 6.10 Å². The quantitative estimate of drug-likeness (QED) is 0.812. The first-order chi connectivity index (χ1) is 7.73.